The van der Waals surface area contributed by atoms with E-state index in [9.17, 15) is 19.5 Å². The van der Waals surface area contributed by atoms with Gasteiger partial charge in [0, 0.05) is 18.8 Å². The Balaban J connectivity index is 2.24. The summed E-state index contributed by atoms with van der Waals surface area (Å²) in [6, 6.07) is 2.11. The molecule has 1 atom stereocenters. The third-order valence-electron chi connectivity index (χ3n) is 3.06. The van der Waals surface area contributed by atoms with Crippen LogP contribution in [0, 0.1) is 0 Å². The zero-order valence-electron chi connectivity index (χ0n) is 11.7. The maximum atomic E-state index is 12.4. The van der Waals surface area contributed by atoms with Crippen LogP contribution in [0.25, 0.3) is 6.08 Å². The number of aliphatic carboxylic acids is 2. The largest absolute Gasteiger partial charge is 0.481 e. The van der Waals surface area contributed by atoms with Crippen LogP contribution in [0.4, 0.5) is 0 Å². The summed E-state index contributed by atoms with van der Waals surface area (Å²) in [5.41, 5.74) is 0.734. The first-order valence-electron chi connectivity index (χ1n) is 6.52. The molecule has 23 heavy (non-hydrogen) atoms. The summed E-state index contributed by atoms with van der Waals surface area (Å²) in [6.45, 7) is 0. The Bertz CT molecular complexity index is 690. The number of pyridine rings is 1. The minimum Gasteiger partial charge on any atom is -0.481 e. The molecule has 2 rings (SSSR count). The van der Waals surface area contributed by atoms with Crippen molar-refractivity contribution in [2.45, 2.75) is 18.9 Å². The molecule has 0 spiro atoms. The molecular formula is C14H12N2O5S2. The topological polar surface area (TPSA) is 108 Å². The van der Waals surface area contributed by atoms with Crippen LogP contribution in [0.15, 0.2) is 29.4 Å². The predicted octanol–water partition coefficient (Wildman–Crippen LogP) is 1.60. The standard InChI is InChI=1S/C14H12N2O5S2/c17-11(18)2-1-9(13(20)21)16-12(19)10(23-14(16)22)7-8-3-5-15-6-4-8/h3-7,9H,1-2H2,(H,17,18)(H,20,21)/b10-7+. The van der Waals surface area contributed by atoms with Crippen molar-refractivity contribution in [1.82, 2.24) is 9.88 Å². The number of hydrogen-bond acceptors (Lipinski definition) is 6. The highest BCUT2D eigenvalue weighted by Crippen LogP contribution is 2.34. The van der Waals surface area contributed by atoms with Crippen LogP contribution >= 0.6 is 24.0 Å². The van der Waals surface area contributed by atoms with E-state index >= 15 is 0 Å². The third-order valence-corrected chi connectivity index (χ3v) is 4.39. The van der Waals surface area contributed by atoms with Gasteiger partial charge in [0.15, 0.2) is 0 Å². The van der Waals surface area contributed by atoms with Crippen molar-refractivity contribution in [2.24, 2.45) is 0 Å². The molecular weight excluding hydrogens is 340 g/mol. The van der Waals surface area contributed by atoms with Gasteiger partial charge in [-0.2, -0.15) is 0 Å². The molecule has 1 aromatic heterocycles. The number of carboxylic acids is 2. The van der Waals surface area contributed by atoms with E-state index in [1.165, 1.54) is 0 Å². The second-order valence-corrected chi connectivity index (χ2v) is 6.29. The first-order valence-corrected chi connectivity index (χ1v) is 7.74. The van der Waals surface area contributed by atoms with Crippen molar-refractivity contribution in [2.75, 3.05) is 0 Å². The summed E-state index contributed by atoms with van der Waals surface area (Å²) in [5.74, 6) is -2.95. The molecule has 1 aromatic rings. The van der Waals surface area contributed by atoms with E-state index in [0.29, 0.717) is 4.91 Å². The van der Waals surface area contributed by atoms with Gasteiger partial charge in [-0.3, -0.25) is 19.5 Å². The maximum absolute atomic E-state index is 12.4. The summed E-state index contributed by atoms with van der Waals surface area (Å²) >= 11 is 6.08. The fraction of sp³-hybridized carbons (Fsp3) is 0.214. The van der Waals surface area contributed by atoms with Gasteiger partial charge in [0.25, 0.3) is 5.91 Å². The maximum Gasteiger partial charge on any atom is 0.326 e. The minimum atomic E-state index is -1.29. The molecule has 1 amide bonds. The van der Waals surface area contributed by atoms with Gasteiger partial charge in [-0.15, -0.1) is 0 Å². The quantitative estimate of drug-likeness (QED) is 0.587. The number of carbonyl (C=O) groups excluding carboxylic acids is 1. The number of thioether (sulfide) groups is 1. The monoisotopic (exact) mass is 352 g/mol. The van der Waals surface area contributed by atoms with E-state index in [0.717, 1.165) is 22.2 Å². The van der Waals surface area contributed by atoms with Crippen LogP contribution in [-0.2, 0) is 14.4 Å². The Morgan fingerprint density at radius 2 is 2.00 bits per heavy atom. The second kappa shape index (κ2) is 7.34. The summed E-state index contributed by atoms with van der Waals surface area (Å²) in [7, 11) is 0. The molecule has 120 valence electrons. The zero-order valence-corrected chi connectivity index (χ0v) is 13.3. The Morgan fingerprint density at radius 1 is 1.35 bits per heavy atom. The van der Waals surface area contributed by atoms with Gasteiger partial charge in [0.05, 0.1) is 4.91 Å². The minimum absolute atomic E-state index is 0.105. The molecule has 2 heterocycles. The summed E-state index contributed by atoms with van der Waals surface area (Å²) < 4.78 is 0.105. The fourth-order valence-electron chi connectivity index (χ4n) is 1.98. The van der Waals surface area contributed by atoms with Crippen LogP contribution in [0.1, 0.15) is 18.4 Å². The number of carboxylic acid groups (broad SMARTS) is 2. The lowest BCUT2D eigenvalue weighted by atomic mass is 10.1. The number of nitrogens with zero attached hydrogens (tertiary/aromatic N) is 2. The van der Waals surface area contributed by atoms with Crippen LogP contribution in [0.5, 0.6) is 0 Å². The molecule has 1 saturated heterocycles. The highest BCUT2D eigenvalue weighted by Gasteiger charge is 2.40. The van der Waals surface area contributed by atoms with E-state index in [-0.39, 0.29) is 17.2 Å². The zero-order chi connectivity index (χ0) is 17.0. The molecule has 9 heteroatoms. The lowest BCUT2D eigenvalue weighted by molar-refractivity contribution is -0.146. The number of carbonyl (C=O) groups is 3. The average molecular weight is 352 g/mol. The Kier molecular flexibility index (Phi) is 5.45. The first kappa shape index (κ1) is 17.1. The smallest absolute Gasteiger partial charge is 0.326 e. The molecule has 7 nitrogen and oxygen atoms in total. The van der Waals surface area contributed by atoms with Gasteiger partial charge < -0.3 is 10.2 Å². The number of aromatic nitrogens is 1. The highest BCUT2D eigenvalue weighted by molar-refractivity contribution is 8.26. The number of rotatable bonds is 6. The van der Waals surface area contributed by atoms with Gasteiger partial charge in [0.1, 0.15) is 10.4 Å². The fourth-order valence-corrected chi connectivity index (χ4v) is 3.34. The number of hydrogen-bond donors (Lipinski definition) is 2. The highest BCUT2D eigenvalue weighted by atomic mass is 32.2. The lowest BCUT2D eigenvalue weighted by Gasteiger charge is -2.22. The SMILES string of the molecule is O=C(O)CCC(C(=O)O)N1C(=O)/C(=C\c2ccncc2)SC1=S. The summed E-state index contributed by atoms with van der Waals surface area (Å²) in [4.78, 5) is 39.6. The van der Waals surface area contributed by atoms with Gasteiger partial charge in [-0.05, 0) is 30.2 Å². The second-order valence-electron chi connectivity index (χ2n) is 4.62. The molecule has 2 N–H and O–H groups in total. The van der Waals surface area contributed by atoms with Crippen molar-refractivity contribution < 1.29 is 24.6 Å². The Morgan fingerprint density at radius 3 is 2.57 bits per heavy atom. The summed E-state index contributed by atoms with van der Waals surface area (Å²) in [5, 5.41) is 18.0. The van der Waals surface area contributed by atoms with Gasteiger partial charge in [-0.1, -0.05) is 24.0 Å². The van der Waals surface area contributed by atoms with Crippen molar-refractivity contribution in [3.05, 3.63) is 35.0 Å². The van der Waals surface area contributed by atoms with Crippen LogP contribution < -0.4 is 0 Å². The third kappa shape index (κ3) is 4.14. The van der Waals surface area contributed by atoms with Gasteiger partial charge in [-0.25, -0.2) is 4.79 Å². The van der Waals surface area contributed by atoms with E-state index in [1.54, 1.807) is 30.6 Å². The molecule has 0 aliphatic carbocycles. The van der Waals surface area contributed by atoms with Crippen molar-refractivity contribution in [3.8, 4) is 0 Å². The normalized spacial score (nSPS) is 17.6. The first-order chi connectivity index (χ1) is 10.9. The van der Waals surface area contributed by atoms with Crippen LogP contribution in [0.3, 0.4) is 0 Å². The molecule has 0 saturated carbocycles. The van der Waals surface area contributed by atoms with Crippen LogP contribution in [0.2, 0.25) is 0 Å². The van der Waals surface area contributed by atoms with Gasteiger partial charge in [0.2, 0.25) is 0 Å². The Labute approximate surface area is 141 Å². The molecule has 1 unspecified atom stereocenters. The lowest BCUT2D eigenvalue weighted by Crippen LogP contribution is -2.44. The molecule has 0 aromatic carbocycles. The van der Waals surface area contributed by atoms with E-state index in [1.807, 2.05) is 0 Å². The molecule has 0 radical (unpaired) electrons. The van der Waals surface area contributed by atoms with E-state index < -0.39 is 23.9 Å². The van der Waals surface area contributed by atoms with Crippen molar-refractivity contribution in [3.63, 3.8) is 0 Å². The van der Waals surface area contributed by atoms with Crippen molar-refractivity contribution >= 4 is 52.2 Å². The van der Waals surface area contributed by atoms with E-state index in [2.05, 4.69) is 4.98 Å². The molecule has 1 fully saturated rings. The molecule has 1 aliphatic heterocycles. The summed E-state index contributed by atoms with van der Waals surface area (Å²) in [6.07, 6.45) is 4.16. The van der Waals surface area contributed by atoms with Crippen molar-refractivity contribution in [1.29, 1.82) is 0 Å². The van der Waals surface area contributed by atoms with Gasteiger partial charge >= 0.3 is 11.9 Å². The average Bonchev–Trinajstić information content (AvgIpc) is 2.75. The molecule has 0 bridgehead atoms. The van der Waals surface area contributed by atoms with Crippen LogP contribution in [-0.4, -0.2) is 48.3 Å². The Hall–Kier alpha value is -2.26. The molecule has 1 aliphatic rings. The number of thiocarbonyl (C=S) groups is 1. The van der Waals surface area contributed by atoms with E-state index in [4.69, 9.17) is 17.3 Å². The number of amides is 1. The predicted molar refractivity (Wildman–Crippen MR) is 87.5 cm³/mol.